The minimum absolute atomic E-state index is 0.0295. The average Bonchev–Trinajstić information content (AvgIpc) is 3.04. The van der Waals surface area contributed by atoms with Crippen molar-refractivity contribution in [3.8, 4) is 0 Å². The number of hydrogen-bond donors (Lipinski definition) is 1. The van der Waals surface area contributed by atoms with Crippen molar-refractivity contribution in [2.75, 3.05) is 23.9 Å². The van der Waals surface area contributed by atoms with E-state index in [1.54, 1.807) is 12.1 Å². The van der Waals surface area contributed by atoms with Crippen LogP contribution in [0.5, 0.6) is 0 Å². The van der Waals surface area contributed by atoms with Gasteiger partial charge in [0.25, 0.3) is 0 Å². The molecule has 1 aliphatic carbocycles. The number of carbonyl (C=O) groups is 1. The molecule has 4 rings (SSSR count). The Labute approximate surface area is 204 Å². The second kappa shape index (κ2) is 9.48. The van der Waals surface area contributed by atoms with E-state index in [-0.39, 0.29) is 47.8 Å². The van der Waals surface area contributed by atoms with Gasteiger partial charge in [0.2, 0.25) is 5.91 Å². The van der Waals surface area contributed by atoms with Crippen LogP contribution < -0.4 is 5.32 Å². The van der Waals surface area contributed by atoms with E-state index in [9.17, 15) is 26.4 Å². The zero-order chi connectivity index (χ0) is 25.5. The van der Waals surface area contributed by atoms with E-state index in [2.05, 4.69) is 31.3 Å². The van der Waals surface area contributed by atoms with Gasteiger partial charge in [-0.25, -0.2) is 8.42 Å². The minimum Gasteiger partial charge on any atom is -0.381 e. The zero-order valence-corrected chi connectivity index (χ0v) is 20.9. The summed E-state index contributed by atoms with van der Waals surface area (Å²) in [6, 6.07) is 12.3. The summed E-state index contributed by atoms with van der Waals surface area (Å²) in [6.45, 7) is 4.29. The molecule has 3 unspecified atom stereocenters. The van der Waals surface area contributed by atoms with Gasteiger partial charge in [-0.05, 0) is 41.7 Å². The highest BCUT2D eigenvalue weighted by atomic mass is 32.2. The van der Waals surface area contributed by atoms with Gasteiger partial charge in [0.15, 0.2) is 6.04 Å². The van der Waals surface area contributed by atoms with Gasteiger partial charge in [-0.3, -0.25) is 4.79 Å². The Morgan fingerprint density at radius 1 is 0.971 bits per heavy atom. The van der Waals surface area contributed by atoms with Crippen LogP contribution in [0.2, 0.25) is 0 Å². The van der Waals surface area contributed by atoms with Crippen LogP contribution in [0.25, 0.3) is 0 Å². The summed E-state index contributed by atoms with van der Waals surface area (Å²) in [4.78, 5) is 13.6. The molecule has 0 bridgehead atoms. The lowest BCUT2D eigenvalue weighted by Crippen LogP contribution is -2.44. The van der Waals surface area contributed by atoms with Crippen molar-refractivity contribution in [2.45, 2.75) is 56.8 Å². The molecular weight excluding hydrogens is 477 g/mol. The van der Waals surface area contributed by atoms with E-state index in [1.807, 2.05) is 12.1 Å². The summed E-state index contributed by atoms with van der Waals surface area (Å²) >= 11 is 0. The number of hydrogen-bond acceptors (Lipinski definition) is 4. The van der Waals surface area contributed by atoms with Gasteiger partial charge >= 0.3 is 6.18 Å². The lowest BCUT2D eigenvalue weighted by atomic mass is 9.96. The van der Waals surface area contributed by atoms with E-state index < -0.39 is 33.9 Å². The number of halogens is 3. The smallest absolute Gasteiger partial charge is 0.381 e. The molecular formula is C26H31F3N2O3S. The normalized spacial score (nSPS) is 25.0. The molecule has 1 fully saturated rings. The van der Waals surface area contributed by atoms with Crippen LogP contribution >= 0.6 is 0 Å². The van der Waals surface area contributed by atoms with Crippen LogP contribution in [0, 0.1) is 5.92 Å². The Hall–Kier alpha value is -2.55. The predicted octanol–water partition coefficient (Wildman–Crippen LogP) is 5.27. The fourth-order valence-corrected chi connectivity index (χ4v) is 7.04. The van der Waals surface area contributed by atoms with Crippen molar-refractivity contribution in [3.05, 3.63) is 65.2 Å². The number of benzene rings is 2. The summed E-state index contributed by atoms with van der Waals surface area (Å²) in [5.41, 5.74) is 3.25. The van der Waals surface area contributed by atoms with E-state index >= 15 is 0 Å². The Morgan fingerprint density at radius 3 is 1.97 bits per heavy atom. The number of carbonyl (C=O) groups excluding carboxylic acids is 1. The van der Waals surface area contributed by atoms with Gasteiger partial charge in [0.05, 0.1) is 11.5 Å². The monoisotopic (exact) mass is 508 g/mol. The van der Waals surface area contributed by atoms with Crippen LogP contribution in [-0.2, 0) is 14.6 Å². The SMILES string of the molecule is CC1c2ccccc2C(C)C1Nc1ccc(C(N(C)C(=O)C2CCS(=O)(=O)CC2)C(F)(F)F)cc1. The standard InChI is InChI=1S/C26H31F3N2O3S/c1-16-21-6-4-5-7-22(21)17(2)23(16)30-20-10-8-18(9-11-20)24(26(27,28)29)31(3)25(32)19-12-14-35(33,34)15-13-19/h4-11,16-17,19,23-24,30H,12-15H2,1-3H3. The lowest BCUT2D eigenvalue weighted by molar-refractivity contribution is -0.190. The molecule has 0 radical (unpaired) electrons. The van der Waals surface area contributed by atoms with Crippen molar-refractivity contribution >= 4 is 21.4 Å². The van der Waals surface area contributed by atoms with Gasteiger partial charge in [-0.2, -0.15) is 13.2 Å². The number of sulfone groups is 1. The molecule has 1 amide bonds. The fourth-order valence-electron chi connectivity index (χ4n) is 5.55. The number of alkyl halides is 3. The molecule has 1 N–H and O–H groups in total. The largest absolute Gasteiger partial charge is 0.413 e. The second-order valence-corrected chi connectivity index (χ2v) is 12.1. The molecule has 1 aliphatic heterocycles. The molecule has 9 heteroatoms. The quantitative estimate of drug-likeness (QED) is 0.597. The molecule has 35 heavy (non-hydrogen) atoms. The molecule has 0 spiro atoms. The van der Waals surface area contributed by atoms with Gasteiger partial charge in [0, 0.05) is 36.5 Å². The first kappa shape index (κ1) is 25.5. The van der Waals surface area contributed by atoms with Gasteiger partial charge in [0.1, 0.15) is 9.84 Å². The molecule has 3 atom stereocenters. The second-order valence-electron chi connectivity index (χ2n) is 9.82. The van der Waals surface area contributed by atoms with E-state index in [0.29, 0.717) is 0 Å². The third-order valence-electron chi connectivity index (χ3n) is 7.56. The Balaban J connectivity index is 1.50. The van der Waals surface area contributed by atoms with Crippen molar-refractivity contribution in [1.29, 1.82) is 0 Å². The molecule has 2 aliphatic rings. The third-order valence-corrected chi connectivity index (χ3v) is 9.28. The summed E-state index contributed by atoms with van der Waals surface area (Å²) in [6.07, 6.45) is -4.56. The highest BCUT2D eigenvalue weighted by Crippen LogP contribution is 2.43. The number of anilines is 1. The maximum Gasteiger partial charge on any atom is 0.413 e. The van der Waals surface area contributed by atoms with E-state index in [0.717, 1.165) is 17.6 Å². The third kappa shape index (κ3) is 5.20. The highest BCUT2D eigenvalue weighted by molar-refractivity contribution is 7.91. The maximum atomic E-state index is 14.1. The van der Waals surface area contributed by atoms with Gasteiger partial charge < -0.3 is 10.2 Å². The predicted molar refractivity (Wildman–Crippen MR) is 130 cm³/mol. The molecule has 190 valence electrons. The van der Waals surface area contributed by atoms with Crippen molar-refractivity contribution in [1.82, 2.24) is 4.90 Å². The number of nitrogens with zero attached hydrogens (tertiary/aromatic N) is 1. The van der Waals surface area contributed by atoms with Crippen LogP contribution in [-0.4, -0.2) is 50.0 Å². The minimum atomic E-state index is -4.67. The Bertz CT molecular complexity index is 1140. The average molecular weight is 509 g/mol. The molecule has 1 saturated heterocycles. The number of rotatable bonds is 5. The van der Waals surface area contributed by atoms with Crippen molar-refractivity contribution < 1.29 is 26.4 Å². The number of amides is 1. The molecule has 2 aromatic carbocycles. The molecule has 5 nitrogen and oxygen atoms in total. The van der Waals surface area contributed by atoms with Gasteiger partial charge in [-0.1, -0.05) is 50.2 Å². The summed E-state index contributed by atoms with van der Waals surface area (Å²) in [7, 11) is -2.07. The Kier molecular flexibility index (Phi) is 6.92. The summed E-state index contributed by atoms with van der Waals surface area (Å²) in [5.74, 6) is -1.22. The van der Waals surface area contributed by atoms with Crippen LogP contribution in [0.3, 0.4) is 0 Å². The maximum absolute atomic E-state index is 14.1. The lowest BCUT2D eigenvalue weighted by Gasteiger charge is -2.34. The molecule has 2 aromatic rings. The first-order valence-electron chi connectivity index (χ1n) is 11.9. The first-order valence-corrected chi connectivity index (χ1v) is 13.7. The highest BCUT2D eigenvalue weighted by Gasteiger charge is 2.46. The molecule has 0 aromatic heterocycles. The van der Waals surface area contributed by atoms with Crippen LogP contribution in [0.4, 0.5) is 18.9 Å². The van der Waals surface area contributed by atoms with Crippen molar-refractivity contribution in [3.63, 3.8) is 0 Å². The topological polar surface area (TPSA) is 66.5 Å². The molecule has 0 saturated carbocycles. The fraction of sp³-hybridized carbons (Fsp3) is 0.500. The van der Waals surface area contributed by atoms with Crippen molar-refractivity contribution in [2.24, 2.45) is 5.92 Å². The number of fused-ring (bicyclic) bond motifs is 1. The first-order chi connectivity index (χ1) is 16.4. The Morgan fingerprint density at radius 2 is 1.49 bits per heavy atom. The van der Waals surface area contributed by atoms with Gasteiger partial charge in [-0.15, -0.1) is 0 Å². The van der Waals surface area contributed by atoms with Crippen LogP contribution in [0.15, 0.2) is 48.5 Å². The zero-order valence-electron chi connectivity index (χ0n) is 20.0. The molecule has 1 heterocycles. The van der Waals surface area contributed by atoms with E-state index in [1.165, 1.54) is 23.3 Å². The summed E-state index contributed by atoms with van der Waals surface area (Å²) in [5, 5.41) is 3.48. The number of nitrogens with one attached hydrogen (secondary N) is 1. The summed E-state index contributed by atoms with van der Waals surface area (Å²) < 4.78 is 65.6. The van der Waals surface area contributed by atoms with Crippen LogP contribution in [0.1, 0.15) is 61.3 Å². The van der Waals surface area contributed by atoms with E-state index in [4.69, 9.17) is 0 Å².